The lowest BCUT2D eigenvalue weighted by molar-refractivity contribution is 0.0171. The molecule has 0 heterocycles. The van der Waals surface area contributed by atoms with Crippen molar-refractivity contribution in [3.8, 4) is 11.5 Å². The van der Waals surface area contributed by atoms with Crippen LogP contribution in [0.15, 0.2) is 48.5 Å². The van der Waals surface area contributed by atoms with E-state index in [0.717, 1.165) is 31.1 Å². The molecule has 0 fully saturated rings. The third-order valence-electron chi connectivity index (χ3n) is 5.76. The van der Waals surface area contributed by atoms with Gasteiger partial charge in [0, 0.05) is 24.9 Å². The second-order valence-corrected chi connectivity index (χ2v) is 9.67. The van der Waals surface area contributed by atoms with Crippen molar-refractivity contribution in [3.63, 3.8) is 0 Å². The van der Waals surface area contributed by atoms with Crippen LogP contribution in [0.1, 0.15) is 72.4 Å². The second kappa shape index (κ2) is 12.4. The van der Waals surface area contributed by atoms with Crippen LogP contribution in [0.4, 0.5) is 0 Å². The number of hydrogen-bond acceptors (Lipinski definition) is 5. The highest BCUT2D eigenvalue weighted by atomic mass is 16.5. The molecule has 5 heteroatoms. The summed E-state index contributed by atoms with van der Waals surface area (Å²) >= 11 is 0. The fourth-order valence-corrected chi connectivity index (χ4v) is 3.56. The first-order chi connectivity index (χ1) is 15.5. The normalized spacial score (nSPS) is 14.7. The van der Waals surface area contributed by atoms with Crippen molar-refractivity contribution in [1.29, 1.82) is 0 Å². The predicted molar refractivity (Wildman–Crippen MR) is 135 cm³/mol. The highest BCUT2D eigenvalue weighted by Crippen LogP contribution is 2.34. The minimum Gasteiger partial charge on any atom is -0.491 e. The van der Waals surface area contributed by atoms with E-state index in [4.69, 9.17) is 24.7 Å². The van der Waals surface area contributed by atoms with Gasteiger partial charge in [0.15, 0.2) is 5.72 Å². The predicted octanol–water partition coefficient (Wildman–Crippen LogP) is 6.08. The summed E-state index contributed by atoms with van der Waals surface area (Å²) in [4.78, 5) is 0. The summed E-state index contributed by atoms with van der Waals surface area (Å²) in [6.45, 7) is 16.5. The van der Waals surface area contributed by atoms with E-state index in [1.54, 1.807) is 0 Å². The van der Waals surface area contributed by atoms with Gasteiger partial charge in [-0.2, -0.15) is 0 Å². The Hall–Kier alpha value is -2.08. The molecular weight excluding hydrogens is 414 g/mol. The highest BCUT2D eigenvalue weighted by Gasteiger charge is 2.25. The van der Waals surface area contributed by atoms with Gasteiger partial charge in [-0.3, -0.25) is 5.73 Å². The van der Waals surface area contributed by atoms with E-state index in [2.05, 4.69) is 45.0 Å². The van der Waals surface area contributed by atoms with Gasteiger partial charge >= 0.3 is 0 Å². The Morgan fingerprint density at radius 1 is 0.818 bits per heavy atom. The van der Waals surface area contributed by atoms with Gasteiger partial charge in [-0.1, -0.05) is 38.1 Å². The molecule has 0 aliphatic carbocycles. The van der Waals surface area contributed by atoms with E-state index < -0.39 is 5.72 Å². The van der Waals surface area contributed by atoms with Gasteiger partial charge in [0.1, 0.15) is 11.5 Å². The number of ether oxygens (including phenoxy) is 4. The fourth-order valence-electron chi connectivity index (χ4n) is 3.56. The molecule has 2 N–H and O–H groups in total. The van der Waals surface area contributed by atoms with Crippen molar-refractivity contribution in [1.82, 2.24) is 0 Å². The summed E-state index contributed by atoms with van der Waals surface area (Å²) in [5.74, 6) is 1.64. The van der Waals surface area contributed by atoms with Crippen LogP contribution in [0.25, 0.3) is 0 Å². The lowest BCUT2D eigenvalue weighted by atomic mass is 9.78. The van der Waals surface area contributed by atoms with E-state index in [1.165, 1.54) is 11.1 Å². The Morgan fingerprint density at radius 3 is 1.88 bits per heavy atom. The fraction of sp³-hybridized carbons (Fsp3) is 0.571. The SMILES string of the molecule is CCOCCC(C)Oc1ccc(C(C)(C)c2ccc(OC(C)(N)CCOC(C)C)cc2)cc1. The van der Waals surface area contributed by atoms with Gasteiger partial charge in [0.25, 0.3) is 0 Å². The molecule has 0 spiro atoms. The molecule has 0 aliphatic heterocycles. The minimum atomic E-state index is -0.776. The number of nitrogens with two attached hydrogens (primary N) is 1. The maximum atomic E-state index is 6.31. The molecule has 33 heavy (non-hydrogen) atoms. The van der Waals surface area contributed by atoms with E-state index in [9.17, 15) is 0 Å². The first-order valence-corrected chi connectivity index (χ1v) is 12.1. The van der Waals surface area contributed by atoms with Crippen LogP contribution in [-0.4, -0.2) is 37.8 Å². The summed E-state index contributed by atoms with van der Waals surface area (Å²) in [5, 5.41) is 0. The molecule has 2 aromatic carbocycles. The molecule has 0 saturated carbocycles. The zero-order valence-electron chi connectivity index (χ0n) is 21.5. The third kappa shape index (κ3) is 9.00. The quantitative estimate of drug-likeness (QED) is 0.275. The minimum absolute atomic E-state index is 0.119. The van der Waals surface area contributed by atoms with Crippen molar-refractivity contribution in [2.24, 2.45) is 5.73 Å². The van der Waals surface area contributed by atoms with Crippen LogP contribution in [0, 0.1) is 0 Å². The van der Waals surface area contributed by atoms with Gasteiger partial charge in [-0.15, -0.1) is 0 Å². The molecule has 2 unspecified atom stereocenters. The van der Waals surface area contributed by atoms with Crippen molar-refractivity contribution >= 4 is 0 Å². The second-order valence-electron chi connectivity index (χ2n) is 9.67. The van der Waals surface area contributed by atoms with Crippen LogP contribution in [0.5, 0.6) is 11.5 Å². The summed E-state index contributed by atoms with van der Waals surface area (Å²) in [7, 11) is 0. The molecule has 2 rings (SSSR count). The number of rotatable bonds is 14. The lowest BCUT2D eigenvalue weighted by Crippen LogP contribution is -2.43. The molecule has 0 saturated heterocycles. The van der Waals surface area contributed by atoms with Crippen LogP contribution in [0.2, 0.25) is 0 Å². The van der Waals surface area contributed by atoms with Gasteiger partial charge in [0.05, 0.1) is 25.4 Å². The first kappa shape index (κ1) is 27.2. The van der Waals surface area contributed by atoms with E-state index in [1.807, 2.05) is 52.0 Å². The lowest BCUT2D eigenvalue weighted by Gasteiger charge is -2.29. The maximum absolute atomic E-state index is 6.31. The van der Waals surface area contributed by atoms with Crippen molar-refractivity contribution in [3.05, 3.63) is 59.7 Å². The Bertz CT molecular complexity index is 813. The van der Waals surface area contributed by atoms with E-state index >= 15 is 0 Å². The average Bonchev–Trinajstić information content (AvgIpc) is 2.74. The van der Waals surface area contributed by atoms with Crippen LogP contribution >= 0.6 is 0 Å². The van der Waals surface area contributed by atoms with E-state index in [0.29, 0.717) is 13.0 Å². The molecule has 0 radical (unpaired) electrons. The summed E-state index contributed by atoms with van der Waals surface area (Å²) < 4.78 is 23.1. The number of benzene rings is 2. The summed E-state index contributed by atoms with van der Waals surface area (Å²) in [6.07, 6.45) is 1.80. The first-order valence-electron chi connectivity index (χ1n) is 12.1. The molecule has 0 amide bonds. The monoisotopic (exact) mass is 457 g/mol. The van der Waals surface area contributed by atoms with Crippen LogP contribution in [0.3, 0.4) is 0 Å². The maximum Gasteiger partial charge on any atom is 0.157 e. The number of hydrogen-bond donors (Lipinski definition) is 1. The molecule has 184 valence electrons. The van der Waals surface area contributed by atoms with Crippen molar-refractivity contribution < 1.29 is 18.9 Å². The van der Waals surface area contributed by atoms with Crippen LogP contribution < -0.4 is 15.2 Å². The largest absolute Gasteiger partial charge is 0.491 e. The molecule has 0 aliphatic rings. The molecular formula is C28H43NO4. The Balaban J connectivity index is 1.99. The van der Waals surface area contributed by atoms with Gasteiger partial charge in [0.2, 0.25) is 0 Å². The van der Waals surface area contributed by atoms with Gasteiger partial charge in [-0.25, -0.2) is 0 Å². The summed E-state index contributed by atoms with van der Waals surface area (Å²) in [5.41, 5.74) is 7.80. The average molecular weight is 458 g/mol. The molecule has 5 nitrogen and oxygen atoms in total. The van der Waals surface area contributed by atoms with E-state index in [-0.39, 0.29) is 17.6 Å². The zero-order chi connectivity index (χ0) is 24.5. The highest BCUT2D eigenvalue weighted by molar-refractivity contribution is 5.42. The summed E-state index contributed by atoms with van der Waals surface area (Å²) in [6, 6.07) is 16.6. The van der Waals surface area contributed by atoms with Gasteiger partial charge in [-0.05, 0) is 70.0 Å². The Kier molecular flexibility index (Phi) is 10.2. The topological polar surface area (TPSA) is 62.9 Å². The molecule has 2 aromatic rings. The smallest absolute Gasteiger partial charge is 0.157 e. The molecule has 2 atom stereocenters. The molecule has 0 bridgehead atoms. The molecule has 0 aromatic heterocycles. The van der Waals surface area contributed by atoms with Gasteiger partial charge < -0.3 is 18.9 Å². The van der Waals surface area contributed by atoms with Crippen LogP contribution in [-0.2, 0) is 14.9 Å². The zero-order valence-corrected chi connectivity index (χ0v) is 21.5. The third-order valence-corrected chi connectivity index (χ3v) is 5.76. The van der Waals surface area contributed by atoms with Crippen molar-refractivity contribution in [2.45, 2.75) is 84.7 Å². The standard InChI is InChI=1S/C28H43NO4/c1-8-30-19-17-22(4)32-25-13-9-23(10-14-25)27(5,6)24-11-15-26(16-12-24)33-28(7,29)18-20-31-21(2)3/h9-16,21-22H,8,17-20,29H2,1-7H3. The Labute approximate surface area is 200 Å². The Morgan fingerprint density at radius 2 is 1.36 bits per heavy atom. The van der Waals surface area contributed by atoms with Crippen molar-refractivity contribution in [2.75, 3.05) is 19.8 Å².